The molecule has 0 bridgehead atoms. The van der Waals surface area contributed by atoms with Crippen molar-refractivity contribution in [3.63, 3.8) is 0 Å². The molecule has 1 aromatic rings. The number of carbonyl (C=O) groups excluding carboxylic acids is 2. The molecular weight excluding hydrogens is 276 g/mol. The van der Waals surface area contributed by atoms with Gasteiger partial charge in [-0.15, -0.1) is 11.3 Å². The number of sulfonamides is 1. The molecule has 6 nitrogen and oxygen atoms in total. The second-order valence-electron chi connectivity index (χ2n) is 3.82. The van der Waals surface area contributed by atoms with Gasteiger partial charge in [-0.05, 0) is 18.6 Å². The van der Waals surface area contributed by atoms with Crippen molar-refractivity contribution in [2.45, 2.75) is 17.6 Å². The molecule has 2 rings (SSSR count). The lowest BCUT2D eigenvalue weighted by Crippen LogP contribution is -2.53. The maximum atomic E-state index is 12.2. The zero-order chi connectivity index (χ0) is 13.3. The average Bonchev–Trinajstić information content (AvgIpc) is 2.76. The fourth-order valence-electron chi connectivity index (χ4n) is 1.59. The van der Waals surface area contributed by atoms with Gasteiger partial charge in [0, 0.05) is 4.88 Å². The summed E-state index contributed by atoms with van der Waals surface area (Å²) >= 11 is 1.16. The van der Waals surface area contributed by atoms with Gasteiger partial charge in [0.25, 0.3) is 10.0 Å². The minimum Gasteiger partial charge on any atom is -0.294 e. The van der Waals surface area contributed by atoms with Crippen molar-refractivity contribution in [2.24, 2.45) is 0 Å². The zero-order valence-electron chi connectivity index (χ0n) is 9.67. The largest absolute Gasteiger partial charge is 0.294 e. The average molecular weight is 288 g/mol. The van der Waals surface area contributed by atoms with Crippen LogP contribution in [0.15, 0.2) is 16.3 Å². The molecular formula is C10H12N2O4S2. The van der Waals surface area contributed by atoms with Gasteiger partial charge in [-0.3, -0.25) is 14.9 Å². The Balaban J connectivity index is 2.30. The Morgan fingerprint density at radius 2 is 1.89 bits per heavy atom. The Labute approximate surface area is 109 Å². The lowest BCUT2D eigenvalue weighted by Gasteiger charge is -2.23. The van der Waals surface area contributed by atoms with Gasteiger partial charge >= 0.3 is 0 Å². The van der Waals surface area contributed by atoms with Gasteiger partial charge < -0.3 is 0 Å². The Morgan fingerprint density at radius 1 is 1.28 bits per heavy atom. The SMILES string of the molecule is CCc1ccc(S(=O)(=O)N2CC(=O)NC(=O)C2)s1. The molecule has 1 aromatic heterocycles. The van der Waals surface area contributed by atoms with Crippen molar-refractivity contribution in [3.8, 4) is 0 Å². The number of hydrogen-bond donors (Lipinski definition) is 1. The van der Waals surface area contributed by atoms with E-state index in [0.29, 0.717) is 0 Å². The third-order valence-corrected chi connectivity index (χ3v) is 5.99. The van der Waals surface area contributed by atoms with E-state index in [9.17, 15) is 18.0 Å². The number of piperazine rings is 1. The van der Waals surface area contributed by atoms with E-state index in [4.69, 9.17) is 0 Å². The van der Waals surface area contributed by atoms with Gasteiger partial charge in [0.05, 0.1) is 13.1 Å². The number of carbonyl (C=O) groups is 2. The van der Waals surface area contributed by atoms with Crippen molar-refractivity contribution >= 4 is 33.2 Å². The summed E-state index contributed by atoms with van der Waals surface area (Å²) in [4.78, 5) is 23.3. The van der Waals surface area contributed by atoms with Gasteiger partial charge in [0.15, 0.2) is 0 Å². The van der Waals surface area contributed by atoms with E-state index in [0.717, 1.165) is 26.9 Å². The van der Waals surface area contributed by atoms with Crippen molar-refractivity contribution in [3.05, 3.63) is 17.0 Å². The predicted octanol–water partition coefficient (Wildman–Crippen LogP) is -0.0424. The highest BCUT2D eigenvalue weighted by atomic mass is 32.2. The van der Waals surface area contributed by atoms with Crippen molar-refractivity contribution < 1.29 is 18.0 Å². The minimum absolute atomic E-state index is 0.168. The van der Waals surface area contributed by atoms with Crippen LogP contribution in [0.25, 0.3) is 0 Å². The fraction of sp³-hybridized carbons (Fsp3) is 0.400. The van der Waals surface area contributed by atoms with Crippen LogP contribution >= 0.6 is 11.3 Å². The number of imide groups is 1. The molecule has 2 amide bonds. The molecule has 0 aliphatic carbocycles. The summed E-state index contributed by atoms with van der Waals surface area (Å²) < 4.78 is 25.5. The Morgan fingerprint density at radius 3 is 2.39 bits per heavy atom. The van der Waals surface area contributed by atoms with Crippen LogP contribution in [0.3, 0.4) is 0 Å². The van der Waals surface area contributed by atoms with E-state index in [1.807, 2.05) is 6.92 Å². The molecule has 8 heteroatoms. The third kappa shape index (κ3) is 2.45. The quantitative estimate of drug-likeness (QED) is 0.791. The minimum atomic E-state index is -3.75. The number of hydrogen-bond acceptors (Lipinski definition) is 5. The van der Waals surface area contributed by atoms with E-state index in [1.54, 1.807) is 6.07 Å². The molecule has 1 saturated heterocycles. The summed E-state index contributed by atoms with van der Waals surface area (Å²) in [5.41, 5.74) is 0. The van der Waals surface area contributed by atoms with Gasteiger partial charge in [0.1, 0.15) is 4.21 Å². The second kappa shape index (κ2) is 4.79. The van der Waals surface area contributed by atoms with Crippen LogP contribution in [0.4, 0.5) is 0 Å². The van der Waals surface area contributed by atoms with Gasteiger partial charge in [0.2, 0.25) is 11.8 Å². The Bertz CT molecular complexity index is 575. The van der Waals surface area contributed by atoms with Crippen molar-refractivity contribution in [1.82, 2.24) is 9.62 Å². The monoisotopic (exact) mass is 288 g/mol. The molecule has 0 aromatic carbocycles. The van der Waals surface area contributed by atoms with Gasteiger partial charge in [-0.25, -0.2) is 8.42 Å². The first-order valence-corrected chi connectivity index (χ1v) is 7.60. The number of nitrogens with one attached hydrogen (secondary N) is 1. The van der Waals surface area contributed by atoms with Gasteiger partial charge in [-0.2, -0.15) is 4.31 Å². The third-order valence-electron chi connectivity index (χ3n) is 2.50. The van der Waals surface area contributed by atoms with Crippen LogP contribution in [0.2, 0.25) is 0 Å². The van der Waals surface area contributed by atoms with Crippen molar-refractivity contribution in [1.29, 1.82) is 0 Å². The van der Waals surface area contributed by atoms with Crippen LogP contribution in [-0.2, 0) is 26.0 Å². The van der Waals surface area contributed by atoms with Gasteiger partial charge in [-0.1, -0.05) is 6.92 Å². The van der Waals surface area contributed by atoms with Crippen LogP contribution in [0.1, 0.15) is 11.8 Å². The van der Waals surface area contributed by atoms with E-state index >= 15 is 0 Å². The maximum absolute atomic E-state index is 12.2. The molecule has 0 spiro atoms. The standard InChI is InChI=1S/C10H12N2O4S2/c1-2-7-3-4-10(17-7)18(15,16)12-5-8(13)11-9(14)6-12/h3-4H,2,5-6H2,1H3,(H,11,13,14). The smallest absolute Gasteiger partial charge is 0.253 e. The summed E-state index contributed by atoms with van der Waals surface area (Å²) in [5.74, 6) is -1.19. The fourth-order valence-corrected chi connectivity index (χ4v) is 4.40. The molecule has 18 heavy (non-hydrogen) atoms. The first-order valence-electron chi connectivity index (χ1n) is 5.35. The van der Waals surface area contributed by atoms with Crippen molar-refractivity contribution in [2.75, 3.05) is 13.1 Å². The summed E-state index contributed by atoms with van der Waals surface area (Å²) in [7, 11) is -3.75. The molecule has 0 unspecified atom stereocenters. The molecule has 0 atom stereocenters. The normalized spacial score (nSPS) is 17.8. The topological polar surface area (TPSA) is 83.6 Å². The first-order chi connectivity index (χ1) is 8.43. The number of aryl methyl sites for hydroxylation is 1. The molecule has 0 radical (unpaired) electrons. The predicted molar refractivity (Wildman–Crippen MR) is 65.6 cm³/mol. The highest BCUT2D eigenvalue weighted by molar-refractivity contribution is 7.91. The molecule has 1 aliphatic rings. The first kappa shape index (κ1) is 13.2. The molecule has 2 heterocycles. The van der Waals surface area contributed by atoms with Crippen LogP contribution in [-0.4, -0.2) is 37.6 Å². The number of rotatable bonds is 3. The van der Waals surface area contributed by atoms with Crippen LogP contribution in [0, 0.1) is 0 Å². The number of nitrogens with zero attached hydrogens (tertiary/aromatic N) is 1. The molecule has 98 valence electrons. The highest BCUT2D eigenvalue weighted by Gasteiger charge is 2.33. The number of thiophene rings is 1. The molecule has 1 fully saturated rings. The van der Waals surface area contributed by atoms with E-state index in [-0.39, 0.29) is 17.3 Å². The van der Waals surface area contributed by atoms with E-state index in [2.05, 4.69) is 5.32 Å². The summed E-state index contributed by atoms with van der Waals surface area (Å²) in [5, 5.41) is 2.07. The van der Waals surface area contributed by atoms with Crippen LogP contribution in [0.5, 0.6) is 0 Å². The van der Waals surface area contributed by atoms with Crippen LogP contribution < -0.4 is 5.32 Å². The van der Waals surface area contributed by atoms with E-state index in [1.165, 1.54) is 6.07 Å². The number of amides is 2. The summed E-state index contributed by atoms with van der Waals surface area (Å²) in [6.07, 6.45) is 0.750. The maximum Gasteiger partial charge on any atom is 0.253 e. The lowest BCUT2D eigenvalue weighted by molar-refractivity contribution is -0.134. The highest BCUT2D eigenvalue weighted by Crippen LogP contribution is 2.25. The molecule has 1 aliphatic heterocycles. The Hall–Kier alpha value is -1.25. The van der Waals surface area contributed by atoms with E-state index < -0.39 is 21.8 Å². The zero-order valence-corrected chi connectivity index (χ0v) is 11.3. The Kier molecular flexibility index (Phi) is 3.51. The summed E-state index contributed by atoms with van der Waals surface area (Å²) in [6.45, 7) is 1.31. The molecule has 0 saturated carbocycles. The molecule has 1 N–H and O–H groups in total. The lowest BCUT2D eigenvalue weighted by atomic mass is 10.4. The summed E-state index contributed by atoms with van der Waals surface area (Å²) in [6, 6.07) is 3.25. The second-order valence-corrected chi connectivity index (χ2v) is 7.15.